The Morgan fingerprint density at radius 1 is 1.33 bits per heavy atom. The van der Waals surface area contributed by atoms with Gasteiger partial charge in [-0.2, -0.15) is 0 Å². The van der Waals surface area contributed by atoms with Crippen LogP contribution < -0.4 is 5.32 Å². The van der Waals surface area contributed by atoms with E-state index >= 15 is 0 Å². The highest BCUT2D eigenvalue weighted by molar-refractivity contribution is 6.09. The van der Waals surface area contributed by atoms with Gasteiger partial charge in [-0.1, -0.05) is 12.1 Å². The predicted octanol–water partition coefficient (Wildman–Crippen LogP) is 2.42. The van der Waals surface area contributed by atoms with Crippen LogP contribution in [0.2, 0.25) is 0 Å². The standard InChI is InChI=1S/C14H11FN2O/c15-12-8-16-5-4-11(12)14(18)10-2-1-9-3-6-17-13(9)7-10/h1-2,4-5,7-8,17H,3,6H2. The molecule has 90 valence electrons. The summed E-state index contributed by atoms with van der Waals surface area (Å²) in [4.78, 5) is 15.8. The van der Waals surface area contributed by atoms with Crippen LogP contribution in [-0.4, -0.2) is 17.3 Å². The van der Waals surface area contributed by atoms with Crippen LogP contribution in [0.25, 0.3) is 0 Å². The molecule has 1 aromatic carbocycles. The van der Waals surface area contributed by atoms with E-state index in [1.165, 1.54) is 17.8 Å². The van der Waals surface area contributed by atoms with Crippen LogP contribution >= 0.6 is 0 Å². The Morgan fingerprint density at radius 3 is 3.06 bits per heavy atom. The zero-order valence-corrected chi connectivity index (χ0v) is 9.61. The number of aromatic nitrogens is 1. The third kappa shape index (κ3) is 1.76. The molecule has 0 spiro atoms. The molecular formula is C14H11FN2O. The molecule has 1 aliphatic heterocycles. The van der Waals surface area contributed by atoms with Gasteiger partial charge in [-0.25, -0.2) is 4.39 Å². The summed E-state index contributed by atoms with van der Waals surface area (Å²) in [5.74, 6) is -0.901. The van der Waals surface area contributed by atoms with E-state index in [2.05, 4.69) is 10.3 Å². The molecule has 2 heterocycles. The number of benzene rings is 1. The Balaban J connectivity index is 2.01. The number of carbonyl (C=O) groups is 1. The van der Waals surface area contributed by atoms with Crippen molar-refractivity contribution in [1.29, 1.82) is 0 Å². The number of halogens is 1. The van der Waals surface area contributed by atoms with E-state index in [9.17, 15) is 9.18 Å². The molecule has 0 amide bonds. The molecule has 0 saturated carbocycles. The van der Waals surface area contributed by atoms with Crippen molar-refractivity contribution in [2.75, 3.05) is 11.9 Å². The Hall–Kier alpha value is -2.23. The third-order valence-corrected chi connectivity index (χ3v) is 3.10. The fourth-order valence-electron chi connectivity index (χ4n) is 2.15. The Bertz CT molecular complexity index is 625. The first kappa shape index (κ1) is 10.9. The normalized spacial score (nSPS) is 12.9. The van der Waals surface area contributed by atoms with Gasteiger partial charge in [0.2, 0.25) is 0 Å². The fourth-order valence-corrected chi connectivity index (χ4v) is 2.15. The van der Waals surface area contributed by atoms with Crippen LogP contribution in [0.1, 0.15) is 21.5 Å². The van der Waals surface area contributed by atoms with Crippen LogP contribution in [0.5, 0.6) is 0 Å². The number of rotatable bonds is 2. The van der Waals surface area contributed by atoms with Crippen molar-refractivity contribution in [3.8, 4) is 0 Å². The highest BCUT2D eigenvalue weighted by Gasteiger charge is 2.17. The fraction of sp³-hybridized carbons (Fsp3) is 0.143. The number of hydrogen-bond donors (Lipinski definition) is 1. The molecule has 3 nitrogen and oxygen atoms in total. The molecule has 0 saturated heterocycles. The summed E-state index contributed by atoms with van der Waals surface area (Å²) in [5.41, 5.74) is 2.72. The van der Waals surface area contributed by atoms with E-state index in [1.54, 1.807) is 12.1 Å². The van der Waals surface area contributed by atoms with Gasteiger partial charge < -0.3 is 5.32 Å². The van der Waals surface area contributed by atoms with E-state index in [-0.39, 0.29) is 11.3 Å². The molecule has 1 aliphatic rings. The van der Waals surface area contributed by atoms with Crippen molar-refractivity contribution >= 4 is 11.5 Å². The van der Waals surface area contributed by atoms with Crippen LogP contribution in [-0.2, 0) is 6.42 Å². The Kier molecular flexibility index (Phi) is 2.55. The molecule has 0 atom stereocenters. The van der Waals surface area contributed by atoms with E-state index in [0.717, 1.165) is 24.8 Å². The van der Waals surface area contributed by atoms with Gasteiger partial charge in [0.05, 0.1) is 11.8 Å². The highest BCUT2D eigenvalue weighted by Crippen LogP contribution is 2.24. The largest absolute Gasteiger partial charge is 0.384 e. The average Bonchev–Trinajstić information content (AvgIpc) is 2.85. The average molecular weight is 242 g/mol. The van der Waals surface area contributed by atoms with Crippen molar-refractivity contribution in [2.45, 2.75) is 6.42 Å². The first-order valence-corrected chi connectivity index (χ1v) is 5.77. The lowest BCUT2D eigenvalue weighted by Gasteiger charge is -2.05. The molecule has 0 radical (unpaired) electrons. The second-order valence-electron chi connectivity index (χ2n) is 4.23. The molecule has 1 aromatic heterocycles. The second-order valence-corrected chi connectivity index (χ2v) is 4.23. The predicted molar refractivity (Wildman–Crippen MR) is 66.3 cm³/mol. The minimum atomic E-state index is -0.587. The van der Waals surface area contributed by atoms with Gasteiger partial charge in [0.25, 0.3) is 0 Å². The molecule has 4 heteroatoms. The van der Waals surface area contributed by atoms with Crippen LogP contribution in [0.4, 0.5) is 10.1 Å². The van der Waals surface area contributed by atoms with Gasteiger partial charge in [-0.3, -0.25) is 9.78 Å². The van der Waals surface area contributed by atoms with E-state index in [4.69, 9.17) is 0 Å². The van der Waals surface area contributed by atoms with Gasteiger partial charge in [0, 0.05) is 24.0 Å². The lowest BCUT2D eigenvalue weighted by Crippen LogP contribution is -2.05. The monoisotopic (exact) mass is 242 g/mol. The smallest absolute Gasteiger partial charge is 0.196 e. The van der Waals surface area contributed by atoms with Crippen LogP contribution in [0, 0.1) is 5.82 Å². The van der Waals surface area contributed by atoms with Gasteiger partial charge >= 0.3 is 0 Å². The number of ketones is 1. The van der Waals surface area contributed by atoms with Crippen molar-refractivity contribution in [2.24, 2.45) is 0 Å². The van der Waals surface area contributed by atoms with E-state index in [1.807, 2.05) is 6.07 Å². The maximum atomic E-state index is 13.5. The number of anilines is 1. The number of pyridine rings is 1. The molecule has 18 heavy (non-hydrogen) atoms. The maximum Gasteiger partial charge on any atom is 0.196 e. The lowest BCUT2D eigenvalue weighted by atomic mass is 10.0. The van der Waals surface area contributed by atoms with Crippen molar-refractivity contribution in [3.63, 3.8) is 0 Å². The van der Waals surface area contributed by atoms with Crippen molar-refractivity contribution in [3.05, 3.63) is 59.2 Å². The summed E-state index contributed by atoms with van der Waals surface area (Å²) in [6.07, 6.45) is 3.44. The summed E-state index contributed by atoms with van der Waals surface area (Å²) in [6, 6.07) is 6.85. The minimum absolute atomic E-state index is 0.0583. The third-order valence-electron chi connectivity index (χ3n) is 3.10. The second kappa shape index (κ2) is 4.22. The number of nitrogens with zero attached hydrogens (tertiary/aromatic N) is 1. The molecule has 0 bridgehead atoms. The van der Waals surface area contributed by atoms with E-state index < -0.39 is 5.82 Å². The molecular weight excluding hydrogens is 231 g/mol. The van der Waals surface area contributed by atoms with Gasteiger partial charge in [0.15, 0.2) is 11.6 Å². The molecule has 0 fully saturated rings. The number of nitrogens with one attached hydrogen (secondary N) is 1. The number of carbonyl (C=O) groups excluding carboxylic acids is 1. The summed E-state index contributed by atoms with van der Waals surface area (Å²) in [7, 11) is 0. The highest BCUT2D eigenvalue weighted by atomic mass is 19.1. The first-order valence-electron chi connectivity index (χ1n) is 5.77. The van der Waals surface area contributed by atoms with Gasteiger partial charge in [-0.05, 0) is 24.1 Å². The molecule has 0 unspecified atom stereocenters. The number of hydrogen-bond acceptors (Lipinski definition) is 3. The summed E-state index contributed by atoms with van der Waals surface area (Å²) in [6.45, 7) is 0.886. The Labute approximate surface area is 104 Å². The summed E-state index contributed by atoms with van der Waals surface area (Å²) in [5, 5.41) is 3.20. The molecule has 2 aromatic rings. The SMILES string of the molecule is O=C(c1ccc2c(c1)NCC2)c1ccncc1F. The maximum absolute atomic E-state index is 13.5. The zero-order chi connectivity index (χ0) is 12.5. The Morgan fingerprint density at radius 2 is 2.22 bits per heavy atom. The molecule has 0 aliphatic carbocycles. The number of fused-ring (bicyclic) bond motifs is 1. The summed E-state index contributed by atoms with van der Waals surface area (Å²) >= 11 is 0. The minimum Gasteiger partial charge on any atom is -0.384 e. The molecule has 3 rings (SSSR count). The van der Waals surface area contributed by atoms with Crippen molar-refractivity contribution in [1.82, 2.24) is 4.98 Å². The zero-order valence-electron chi connectivity index (χ0n) is 9.61. The topological polar surface area (TPSA) is 42.0 Å². The lowest BCUT2D eigenvalue weighted by molar-refractivity contribution is 0.103. The van der Waals surface area contributed by atoms with Crippen molar-refractivity contribution < 1.29 is 9.18 Å². The first-order chi connectivity index (χ1) is 8.75. The van der Waals surface area contributed by atoms with Gasteiger partial charge in [-0.15, -0.1) is 0 Å². The van der Waals surface area contributed by atoms with Crippen LogP contribution in [0.3, 0.4) is 0 Å². The molecule has 1 N–H and O–H groups in total. The summed E-state index contributed by atoms with van der Waals surface area (Å²) < 4.78 is 13.5. The van der Waals surface area contributed by atoms with Crippen LogP contribution in [0.15, 0.2) is 36.7 Å². The van der Waals surface area contributed by atoms with E-state index in [0.29, 0.717) is 5.56 Å². The van der Waals surface area contributed by atoms with Gasteiger partial charge in [0.1, 0.15) is 0 Å². The quantitative estimate of drug-likeness (QED) is 0.822.